The maximum absolute atomic E-state index is 14.5. The summed E-state index contributed by atoms with van der Waals surface area (Å²) >= 11 is 0. The Labute approximate surface area is 185 Å². The van der Waals surface area contributed by atoms with Crippen molar-refractivity contribution in [1.82, 2.24) is 0 Å². The molecule has 33 heavy (non-hydrogen) atoms. The highest BCUT2D eigenvalue weighted by Gasteiger charge is 2.34. The smallest absolute Gasteiger partial charge is 0.426 e. The first-order valence-electron chi connectivity index (χ1n) is 10.0. The van der Waals surface area contributed by atoms with Crippen LogP contribution in [-0.2, 0) is 19.1 Å². The van der Waals surface area contributed by atoms with E-state index in [1.165, 1.54) is 36.4 Å². The lowest BCUT2D eigenvalue weighted by Gasteiger charge is -2.19. The Hall–Kier alpha value is -3.23. The van der Waals surface area contributed by atoms with E-state index in [-0.39, 0.29) is 16.9 Å². The van der Waals surface area contributed by atoms with E-state index in [4.69, 9.17) is 9.47 Å². The fourth-order valence-corrected chi connectivity index (χ4v) is 2.97. The minimum Gasteiger partial charge on any atom is -0.483 e. The van der Waals surface area contributed by atoms with E-state index < -0.39 is 47.6 Å². The van der Waals surface area contributed by atoms with Crippen molar-refractivity contribution in [3.8, 4) is 11.5 Å². The lowest BCUT2D eigenvalue weighted by Crippen LogP contribution is -2.21. The summed E-state index contributed by atoms with van der Waals surface area (Å²) in [6, 6.07) is 10.6. The minimum absolute atomic E-state index is 0.199. The number of aryl methyl sites for hydroxylation is 1. The minimum atomic E-state index is -3.61. The Bertz CT molecular complexity index is 1070. The van der Waals surface area contributed by atoms with Crippen molar-refractivity contribution in [2.24, 2.45) is 0 Å². The highest BCUT2D eigenvalue weighted by Crippen LogP contribution is 2.33. The van der Waals surface area contributed by atoms with E-state index in [0.29, 0.717) is 0 Å². The van der Waals surface area contributed by atoms with Gasteiger partial charge < -0.3 is 9.47 Å². The van der Waals surface area contributed by atoms with Gasteiger partial charge in [-0.25, -0.2) is 13.2 Å². The summed E-state index contributed by atoms with van der Waals surface area (Å²) in [5, 5.41) is 0. The zero-order chi connectivity index (χ0) is 24.2. The van der Waals surface area contributed by atoms with Crippen LogP contribution in [0, 0.1) is 29.1 Å². The molecule has 176 valence electrons. The number of hydrogen-bond donors (Lipinski definition) is 0. The molecule has 3 rings (SSSR count). The molecule has 0 heterocycles. The predicted molar refractivity (Wildman–Crippen MR) is 107 cm³/mol. The van der Waals surface area contributed by atoms with Crippen LogP contribution < -0.4 is 9.47 Å². The number of rotatable bonds is 9. The summed E-state index contributed by atoms with van der Waals surface area (Å²) < 4.78 is 105. The SMILES string of the molecule is CCCCc1ccc(C(F)(F)Oc2ccc(COc3c(F)c(F)c(F)c(F)c3F)cc2)cc1. The quantitative estimate of drug-likeness (QED) is 0.183. The number of unbranched alkanes of at least 4 members (excludes halogenated alkanes) is 1. The van der Waals surface area contributed by atoms with Gasteiger partial charge in [-0.05, 0) is 48.2 Å². The summed E-state index contributed by atoms with van der Waals surface area (Å²) in [7, 11) is 0. The summed E-state index contributed by atoms with van der Waals surface area (Å²) in [6.07, 6.45) is -0.884. The van der Waals surface area contributed by atoms with E-state index in [0.717, 1.165) is 24.8 Å². The standard InChI is InChI=1S/C24H19F7O2/c1-2-3-4-14-5-9-16(10-6-14)24(30,31)33-17-11-7-15(8-12-17)13-32-23-21(28)19(26)18(25)20(27)22(23)29/h5-12H,2-4,13H2,1H3. The molecule has 0 aliphatic carbocycles. The average molecular weight is 472 g/mol. The van der Waals surface area contributed by atoms with Crippen molar-refractivity contribution in [3.63, 3.8) is 0 Å². The Morgan fingerprint density at radius 3 is 1.76 bits per heavy atom. The first-order chi connectivity index (χ1) is 15.6. The van der Waals surface area contributed by atoms with Gasteiger partial charge in [0, 0.05) is 0 Å². The number of hydrogen-bond acceptors (Lipinski definition) is 2. The third kappa shape index (κ3) is 5.58. The Morgan fingerprint density at radius 1 is 0.697 bits per heavy atom. The van der Waals surface area contributed by atoms with Gasteiger partial charge >= 0.3 is 6.11 Å². The monoisotopic (exact) mass is 472 g/mol. The fraction of sp³-hybridized carbons (Fsp3) is 0.250. The molecule has 0 spiro atoms. The van der Waals surface area contributed by atoms with Gasteiger partial charge in [0.2, 0.25) is 29.1 Å². The molecule has 3 aromatic rings. The molecular formula is C24H19F7O2. The van der Waals surface area contributed by atoms with Gasteiger partial charge in [-0.15, -0.1) is 0 Å². The van der Waals surface area contributed by atoms with Gasteiger partial charge in [-0.1, -0.05) is 37.6 Å². The largest absolute Gasteiger partial charge is 0.483 e. The van der Waals surface area contributed by atoms with Crippen LogP contribution in [0.3, 0.4) is 0 Å². The molecule has 0 saturated carbocycles. The number of ether oxygens (including phenoxy) is 2. The van der Waals surface area contributed by atoms with Gasteiger partial charge in [0.1, 0.15) is 12.4 Å². The molecule has 3 aromatic carbocycles. The van der Waals surface area contributed by atoms with Crippen LogP contribution in [-0.4, -0.2) is 0 Å². The third-order valence-corrected chi connectivity index (χ3v) is 4.83. The van der Waals surface area contributed by atoms with Crippen molar-refractivity contribution >= 4 is 0 Å². The van der Waals surface area contributed by atoms with Crippen molar-refractivity contribution in [3.05, 3.63) is 94.3 Å². The van der Waals surface area contributed by atoms with Crippen molar-refractivity contribution in [2.45, 2.75) is 38.9 Å². The maximum atomic E-state index is 14.5. The van der Waals surface area contributed by atoms with E-state index in [9.17, 15) is 30.7 Å². The van der Waals surface area contributed by atoms with Gasteiger partial charge in [0.25, 0.3) is 0 Å². The molecule has 0 atom stereocenters. The molecule has 0 unspecified atom stereocenters. The highest BCUT2D eigenvalue weighted by molar-refractivity contribution is 5.32. The Morgan fingerprint density at radius 2 is 1.21 bits per heavy atom. The van der Waals surface area contributed by atoms with E-state index in [1.54, 1.807) is 12.1 Å². The van der Waals surface area contributed by atoms with Crippen LogP contribution in [0.2, 0.25) is 0 Å². The maximum Gasteiger partial charge on any atom is 0.426 e. The van der Waals surface area contributed by atoms with Crippen LogP contribution in [0.25, 0.3) is 0 Å². The lowest BCUT2D eigenvalue weighted by molar-refractivity contribution is -0.185. The predicted octanol–water partition coefficient (Wildman–Crippen LogP) is 7.43. The van der Waals surface area contributed by atoms with Crippen molar-refractivity contribution in [1.29, 1.82) is 0 Å². The second-order valence-corrected chi connectivity index (χ2v) is 7.25. The molecule has 0 aromatic heterocycles. The molecule has 0 saturated heterocycles. The van der Waals surface area contributed by atoms with Gasteiger partial charge in [0.05, 0.1) is 5.56 Å². The van der Waals surface area contributed by atoms with Gasteiger partial charge in [0.15, 0.2) is 5.75 Å². The molecule has 2 nitrogen and oxygen atoms in total. The summed E-state index contributed by atoms with van der Waals surface area (Å²) in [4.78, 5) is 0. The fourth-order valence-electron chi connectivity index (χ4n) is 2.97. The molecule has 0 radical (unpaired) electrons. The van der Waals surface area contributed by atoms with E-state index in [2.05, 4.69) is 0 Å². The van der Waals surface area contributed by atoms with Gasteiger partial charge in [-0.2, -0.15) is 17.6 Å². The van der Waals surface area contributed by atoms with Crippen LogP contribution in [0.4, 0.5) is 30.7 Å². The first kappa shape index (κ1) is 24.4. The average Bonchev–Trinajstić information content (AvgIpc) is 2.81. The third-order valence-electron chi connectivity index (χ3n) is 4.83. The molecule has 0 aliphatic rings. The zero-order valence-electron chi connectivity index (χ0n) is 17.4. The van der Waals surface area contributed by atoms with Crippen LogP contribution in [0.5, 0.6) is 11.5 Å². The van der Waals surface area contributed by atoms with E-state index >= 15 is 0 Å². The molecule has 9 heteroatoms. The number of halogens is 7. The van der Waals surface area contributed by atoms with E-state index in [1.807, 2.05) is 6.92 Å². The van der Waals surface area contributed by atoms with Crippen LogP contribution in [0.15, 0.2) is 48.5 Å². The second-order valence-electron chi connectivity index (χ2n) is 7.25. The summed E-state index contributed by atoms with van der Waals surface area (Å²) in [5.74, 6) is -12.4. The lowest BCUT2D eigenvalue weighted by atomic mass is 10.1. The zero-order valence-corrected chi connectivity index (χ0v) is 17.4. The van der Waals surface area contributed by atoms with Crippen molar-refractivity contribution in [2.75, 3.05) is 0 Å². The Kier molecular flexibility index (Phi) is 7.50. The van der Waals surface area contributed by atoms with Crippen LogP contribution in [0.1, 0.15) is 36.5 Å². The van der Waals surface area contributed by atoms with Crippen LogP contribution >= 0.6 is 0 Å². The molecular weight excluding hydrogens is 453 g/mol. The molecule has 0 aliphatic heterocycles. The Balaban J connectivity index is 1.66. The molecule has 0 bridgehead atoms. The van der Waals surface area contributed by atoms with Gasteiger partial charge in [-0.3, -0.25) is 0 Å². The topological polar surface area (TPSA) is 18.5 Å². The number of benzene rings is 3. The first-order valence-corrected chi connectivity index (χ1v) is 10.0. The molecule has 0 fully saturated rings. The summed E-state index contributed by atoms with van der Waals surface area (Å²) in [6.45, 7) is 1.46. The summed E-state index contributed by atoms with van der Waals surface area (Å²) in [5.41, 5.74) is 0.825. The normalized spacial score (nSPS) is 11.5. The molecule has 0 amide bonds. The number of alkyl halides is 2. The molecule has 0 N–H and O–H groups in total. The van der Waals surface area contributed by atoms with Crippen molar-refractivity contribution < 1.29 is 40.2 Å². The second kappa shape index (κ2) is 10.1. The highest BCUT2D eigenvalue weighted by atomic mass is 19.3.